The van der Waals surface area contributed by atoms with Crippen LogP contribution in [0.5, 0.6) is 5.75 Å². The topological polar surface area (TPSA) is 41.3 Å². The number of aromatic nitrogens is 2. The lowest BCUT2D eigenvalue weighted by Crippen LogP contribution is -2.32. The fourth-order valence-corrected chi connectivity index (χ4v) is 2.84. The lowest BCUT2D eigenvalue weighted by molar-refractivity contribution is 0.224. The Kier molecular flexibility index (Phi) is 3.51. The number of nitrogens with zero attached hydrogens (tertiary/aromatic N) is 3. The largest absolute Gasteiger partial charge is 0.508 e. The minimum absolute atomic E-state index is 0.350. The van der Waals surface area contributed by atoms with Crippen LogP contribution >= 0.6 is 0 Å². The molecule has 0 saturated carbocycles. The Bertz CT molecular complexity index is 524. The maximum Gasteiger partial charge on any atom is 0.115 e. The summed E-state index contributed by atoms with van der Waals surface area (Å²) in [5.41, 5.74) is 1.18. The Morgan fingerprint density at radius 2 is 2.32 bits per heavy atom. The van der Waals surface area contributed by atoms with Gasteiger partial charge in [-0.2, -0.15) is 0 Å². The first-order chi connectivity index (χ1) is 9.31. The van der Waals surface area contributed by atoms with E-state index in [4.69, 9.17) is 0 Å². The van der Waals surface area contributed by atoms with E-state index in [0.29, 0.717) is 11.8 Å². The first kappa shape index (κ1) is 12.2. The van der Waals surface area contributed by atoms with Crippen molar-refractivity contribution in [2.75, 3.05) is 6.54 Å². The quantitative estimate of drug-likeness (QED) is 0.913. The molecular formula is C15H19N3O. The lowest BCUT2D eigenvalue weighted by Gasteiger charge is -2.24. The van der Waals surface area contributed by atoms with Gasteiger partial charge in [0.25, 0.3) is 0 Å². The molecule has 4 nitrogen and oxygen atoms in total. The molecule has 1 atom stereocenters. The zero-order valence-electron chi connectivity index (χ0n) is 10.9. The highest BCUT2D eigenvalue weighted by Crippen LogP contribution is 2.22. The second-order valence-electron chi connectivity index (χ2n) is 5.20. The van der Waals surface area contributed by atoms with Crippen molar-refractivity contribution < 1.29 is 5.11 Å². The van der Waals surface area contributed by atoms with Gasteiger partial charge in [0.2, 0.25) is 0 Å². The van der Waals surface area contributed by atoms with Gasteiger partial charge in [0, 0.05) is 31.5 Å². The normalized spacial score (nSPS) is 19.9. The van der Waals surface area contributed by atoms with Crippen LogP contribution in [0, 0.1) is 0 Å². The Morgan fingerprint density at radius 1 is 1.37 bits per heavy atom. The molecule has 1 aliphatic rings. The van der Waals surface area contributed by atoms with E-state index in [0.717, 1.165) is 19.6 Å². The van der Waals surface area contributed by atoms with Crippen LogP contribution in [0.3, 0.4) is 0 Å². The molecule has 0 radical (unpaired) electrons. The van der Waals surface area contributed by atoms with Crippen LogP contribution in [-0.4, -0.2) is 32.1 Å². The van der Waals surface area contributed by atoms with E-state index in [2.05, 4.69) is 20.5 Å². The number of phenols is 1. The van der Waals surface area contributed by atoms with Gasteiger partial charge in [-0.3, -0.25) is 4.90 Å². The van der Waals surface area contributed by atoms with E-state index in [1.807, 2.05) is 30.9 Å². The maximum atomic E-state index is 9.53. The summed E-state index contributed by atoms with van der Waals surface area (Å²) >= 11 is 0. The van der Waals surface area contributed by atoms with Crippen molar-refractivity contribution in [3.05, 3.63) is 48.5 Å². The van der Waals surface area contributed by atoms with Crippen LogP contribution in [0.15, 0.2) is 43.0 Å². The van der Waals surface area contributed by atoms with Crippen molar-refractivity contribution in [3.8, 4) is 5.75 Å². The SMILES string of the molecule is Oc1cccc(CN2CCC[C@H]2Cn2ccnc2)c1. The Hall–Kier alpha value is -1.81. The second kappa shape index (κ2) is 5.45. The minimum atomic E-state index is 0.350. The molecule has 1 aliphatic heterocycles. The standard InChI is InChI=1S/C15H19N3O/c19-15-5-1-3-13(9-15)10-18-7-2-4-14(18)11-17-8-6-16-12-17/h1,3,5-6,8-9,12,14,19H,2,4,7,10-11H2/t14-/m0/s1. The molecule has 2 aromatic rings. The van der Waals surface area contributed by atoms with Gasteiger partial charge in [-0.15, -0.1) is 0 Å². The van der Waals surface area contributed by atoms with Crippen molar-refractivity contribution in [2.24, 2.45) is 0 Å². The van der Waals surface area contributed by atoms with E-state index in [1.54, 1.807) is 6.07 Å². The molecule has 4 heteroatoms. The molecule has 0 aliphatic carbocycles. The number of imidazole rings is 1. The molecular weight excluding hydrogens is 238 g/mol. The summed E-state index contributed by atoms with van der Waals surface area (Å²) in [5, 5.41) is 9.53. The Labute approximate surface area is 113 Å². The van der Waals surface area contributed by atoms with Gasteiger partial charge in [0.1, 0.15) is 5.75 Å². The molecule has 3 rings (SSSR count). The summed E-state index contributed by atoms with van der Waals surface area (Å²) in [7, 11) is 0. The molecule has 0 amide bonds. The van der Waals surface area contributed by atoms with Crippen LogP contribution in [0.25, 0.3) is 0 Å². The van der Waals surface area contributed by atoms with E-state index >= 15 is 0 Å². The van der Waals surface area contributed by atoms with Gasteiger partial charge in [0.05, 0.1) is 6.33 Å². The molecule has 0 unspecified atom stereocenters. The monoisotopic (exact) mass is 257 g/mol. The van der Waals surface area contributed by atoms with Crippen molar-refractivity contribution in [3.63, 3.8) is 0 Å². The number of likely N-dealkylation sites (tertiary alicyclic amines) is 1. The molecule has 0 bridgehead atoms. The Balaban J connectivity index is 1.66. The summed E-state index contributed by atoms with van der Waals surface area (Å²) in [6.07, 6.45) is 8.21. The van der Waals surface area contributed by atoms with Crippen LogP contribution in [0.4, 0.5) is 0 Å². The maximum absolute atomic E-state index is 9.53. The van der Waals surface area contributed by atoms with Crippen LogP contribution in [-0.2, 0) is 13.1 Å². The highest BCUT2D eigenvalue weighted by Gasteiger charge is 2.24. The fourth-order valence-electron chi connectivity index (χ4n) is 2.84. The third-order valence-electron chi connectivity index (χ3n) is 3.78. The van der Waals surface area contributed by atoms with E-state index in [-0.39, 0.29) is 0 Å². The van der Waals surface area contributed by atoms with E-state index < -0.39 is 0 Å². The van der Waals surface area contributed by atoms with Crippen LogP contribution in [0.2, 0.25) is 0 Å². The van der Waals surface area contributed by atoms with Crippen molar-refractivity contribution in [1.29, 1.82) is 0 Å². The van der Waals surface area contributed by atoms with Crippen molar-refractivity contribution in [1.82, 2.24) is 14.5 Å². The van der Waals surface area contributed by atoms with E-state index in [9.17, 15) is 5.11 Å². The molecule has 2 heterocycles. The first-order valence-electron chi connectivity index (χ1n) is 6.79. The van der Waals surface area contributed by atoms with Gasteiger partial charge in [-0.1, -0.05) is 12.1 Å². The summed E-state index contributed by atoms with van der Waals surface area (Å²) in [6.45, 7) is 3.04. The summed E-state index contributed by atoms with van der Waals surface area (Å²) in [5.74, 6) is 0.350. The minimum Gasteiger partial charge on any atom is -0.508 e. The number of benzene rings is 1. The van der Waals surface area contributed by atoms with Crippen LogP contribution in [0.1, 0.15) is 18.4 Å². The molecule has 1 aromatic heterocycles. The lowest BCUT2D eigenvalue weighted by atomic mass is 10.1. The van der Waals surface area contributed by atoms with Gasteiger partial charge in [-0.05, 0) is 37.1 Å². The molecule has 1 aromatic carbocycles. The summed E-state index contributed by atoms with van der Waals surface area (Å²) < 4.78 is 2.14. The first-order valence-corrected chi connectivity index (χ1v) is 6.79. The predicted molar refractivity (Wildman–Crippen MR) is 73.8 cm³/mol. The smallest absolute Gasteiger partial charge is 0.115 e. The van der Waals surface area contributed by atoms with Gasteiger partial charge >= 0.3 is 0 Å². The highest BCUT2D eigenvalue weighted by molar-refractivity contribution is 5.27. The van der Waals surface area contributed by atoms with Gasteiger partial charge in [-0.25, -0.2) is 4.98 Å². The van der Waals surface area contributed by atoms with Crippen molar-refractivity contribution >= 4 is 0 Å². The number of hydrogen-bond donors (Lipinski definition) is 1. The number of hydrogen-bond acceptors (Lipinski definition) is 3. The van der Waals surface area contributed by atoms with Gasteiger partial charge < -0.3 is 9.67 Å². The molecule has 19 heavy (non-hydrogen) atoms. The third kappa shape index (κ3) is 2.96. The highest BCUT2D eigenvalue weighted by atomic mass is 16.3. The predicted octanol–water partition coefficient (Wildman–Crippen LogP) is 2.25. The second-order valence-corrected chi connectivity index (χ2v) is 5.20. The van der Waals surface area contributed by atoms with Crippen molar-refractivity contribution in [2.45, 2.75) is 32.0 Å². The van der Waals surface area contributed by atoms with Crippen LogP contribution < -0.4 is 0 Å². The zero-order valence-corrected chi connectivity index (χ0v) is 10.9. The van der Waals surface area contributed by atoms with Gasteiger partial charge in [0.15, 0.2) is 0 Å². The summed E-state index contributed by atoms with van der Waals surface area (Å²) in [6, 6.07) is 8.12. The summed E-state index contributed by atoms with van der Waals surface area (Å²) in [4.78, 5) is 6.59. The van der Waals surface area contributed by atoms with E-state index in [1.165, 1.54) is 18.4 Å². The molecule has 0 spiro atoms. The molecule has 1 saturated heterocycles. The molecule has 100 valence electrons. The number of rotatable bonds is 4. The number of phenolic OH excluding ortho intramolecular Hbond substituents is 1. The Morgan fingerprint density at radius 3 is 3.11 bits per heavy atom. The molecule has 1 fully saturated rings. The zero-order chi connectivity index (χ0) is 13.1. The average molecular weight is 257 g/mol. The average Bonchev–Trinajstić information content (AvgIpc) is 3.03. The fraction of sp³-hybridized carbons (Fsp3) is 0.400. The molecule has 1 N–H and O–H groups in total. The third-order valence-corrected chi connectivity index (χ3v) is 3.78. The number of aromatic hydroxyl groups is 1.